The number of thiocarbonyl (C=S) groups is 1. The van der Waals surface area contributed by atoms with Gasteiger partial charge in [0.2, 0.25) is 5.91 Å². The first kappa shape index (κ1) is 17.6. The van der Waals surface area contributed by atoms with Gasteiger partial charge in [0.25, 0.3) is 5.91 Å². The van der Waals surface area contributed by atoms with E-state index in [1.807, 2.05) is 0 Å². The van der Waals surface area contributed by atoms with Crippen molar-refractivity contribution in [2.24, 2.45) is 5.73 Å². The van der Waals surface area contributed by atoms with Gasteiger partial charge >= 0.3 is 5.97 Å². The first-order valence-electron chi connectivity index (χ1n) is 6.59. The molecule has 0 aliphatic heterocycles. The minimum Gasteiger partial charge on any atom is -0.466 e. The van der Waals surface area contributed by atoms with Gasteiger partial charge in [-0.05, 0) is 31.3 Å². The van der Waals surface area contributed by atoms with Gasteiger partial charge in [-0.2, -0.15) is 0 Å². The molecule has 0 saturated heterocycles. The molecule has 0 aliphatic rings. The third-order valence-electron chi connectivity index (χ3n) is 2.56. The van der Waals surface area contributed by atoms with Crippen LogP contribution in [0.4, 0.5) is 5.69 Å². The Bertz CT molecular complexity index is 589. The monoisotopic (exact) mass is 323 g/mol. The number of carbonyl (C=O) groups excluding carboxylic acids is 3. The molecule has 0 fully saturated rings. The highest BCUT2D eigenvalue weighted by Crippen LogP contribution is 2.13. The van der Waals surface area contributed by atoms with E-state index in [4.69, 9.17) is 22.7 Å². The van der Waals surface area contributed by atoms with E-state index in [9.17, 15) is 14.4 Å². The molecule has 118 valence electrons. The van der Waals surface area contributed by atoms with Crippen LogP contribution in [0, 0.1) is 0 Å². The molecule has 0 heterocycles. The number of esters is 1. The molecule has 2 amide bonds. The molecule has 4 N–H and O–H groups in total. The standard InChI is InChI=1S/C14H17N3O4S/c1-2-21-12(19)8-7-11(18)17-14(22)16-10-6-4-3-5-9(10)13(15)20/h3-6H,2,7-8H2,1H3,(H2,15,20)(H2,16,17,18,22). The molecule has 0 spiro atoms. The van der Waals surface area contributed by atoms with Crippen LogP contribution in [-0.2, 0) is 14.3 Å². The van der Waals surface area contributed by atoms with Crippen LogP contribution in [0.2, 0.25) is 0 Å². The molecule has 0 saturated carbocycles. The van der Waals surface area contributed by atoms with Crippen molar-refractivity contribution in [1.82, 2.24) is 5.32 Å². The van der Waals surface area contributed by atoms with Crippen molar-refractivity contribution in [3.8, 4) is 0 Å². The van der Waals surface area contributed by atoms with Gasteiger partial charge in [-0.3, -0.25) is 14.4 Å². The van der Waals surface area contributed by atoms with E-state index in [-0.39, 0.29) is 30.1 Å². The van der Waals surface area contributed by atoms with Crippen LogP contribution in [0.3, 0.4) is 0 Å². The number of hydrogen-bond acceptors (Lipinski definition) is 5. The molecule has 8 heteroatoms. The molecule has 1 rings (SSSR count). The summed E-state index contributed by atoms with van der Waals surface area (Å²) in [5.74, 6) is -1.49. The second-order valence-electron chi connectivity index (χ2n) is 4.22. The van der Waals surface area contributed by atoms with Crippen LogP contribution in [0.25, 0.3) is 0 Å². The fourth-order valence-electron chi connectivity index (χ4n) is 1.60. The van der Waals surface area contributed by atoms with Crippen molar-refractivity contribution in [2.45, 2.75) is 19.8 Å². The molecule has 1 aromatic rings. The number of anilines is 1. The number of nitrogens with one attached hydrogen (secondary N) is 2. The first-order valence-corrected chi connectivity index (χ1v) is 7.00. The Labute approximate surface area is 133 Å². The summed E-state index contributed by atoms with van der Waals surface area (Å²) in [6.45, 7) is 1.96. The highest BCUT2D eigenvalue weighted by atomic mass is 32.1. The molecule has 0 atom stereocenters. The number of primary amides is 1. The molecule has 0 bridgehead atoms. The van der Waals surface area contributed by atoms with Crippen LogP contribution >= 0.6 is 12.2 Å². The lowest BCUT2D eigenvalue weighted by atomic mass is 10.1. The van der Waals surface area contributed by atoms with E-state index in [1.165, 1.54) is 6.07 Å². The molecular formula is C14H17N3O4S. The normalized spacial score (nSPS) is 9.68. The molecular weight excluding hydrogens is 306 g/mol. The van der Waals surface area contributed by atoms with Crippen LogP contribution in [0.5, 0.6) is 0 Å². The highest BCUT2D eigenvalue weighted by Gasteiger charge is 2.11. The topological polar surface area (TPSA) is 111 Å². The summed E-state index contributed by atoms with van der Waals surface area (Å²) in [6.07, 6.45) is -0.0712. The van der Waals surface area contributed by atoms with Gasteiger partial charge in [0.1, 0.15) is 0 Å². The first-order chi connectivity index (χ1) is 10.4. The maximum atomic E-state index is 11.6. The number of hydrogen-bond donors (Lipinski definition) is 3. The molecule has 0 radical (unpaired) electrons. The van der Waals surface area contributed by atoms with Crippen molar-refractivity contribution >= 4 is 40.8 Å². The molecule has 0 aliphatic carbocycles. The zero-order chi connectivity index (χ0) is 16.5. The fourth-order valence-corrected chi connectivity index (χ4v) is 1.82. The molecule has 1 aromatic carbocycles. The minimum atomic E-state index is -0.612. The molecule has 7 nitrogen and oxygen atoms in total. The van der Waals surface area contributed by atoms with Crippen LogP contribution < -0.4 is 16.4 Å². The van der Waals surface area contributed by atoms with Crippen LogP contribution in [-0.4, -0.2) is 29.5 Å². The summed E-state index contributed by atoms with van der Waals surface area (Å²) < 4.78 is 4.72. The minimum absolute atomic E-state index is 0.0163. The predicted octanol–water partition coefficient (Wildman–Crippen LogP) is 0.942. The Balaban J connectivity index is 2.51. The van der Waals surface area contributed by atoms with E-state index in [0.717, 1.165) is 0 Å². The molecule has 22 heavy (non-hydrogen) atoms. The van der Waals surface area contributed by atoms with E-state index in [0.29, 0.717) is 5.69 Å². The Kier molecular flexibility index (Phi) is 6.97. The Hall–Kier alpha value is -2.48. The predicted molar refractivity (Wildman–Crippen MR) is 85.2 cm³/mol. The lowest BCUT2D eigenvalue weighted by molar-refractivity contribution is -0.144. The number of benzene rings is 1. The van der Waals surface area contributed by atoms with E-state index < -0.39 is 17.8 Å². The number of carbonyl (C=O) groups is 3. The Morgan fingerprint density at radius 1 is 1.23 bits per heavy atom. The van der Waals surface area contributed by atoms with Gasteiger partial charge in [-0.15, -0.1) is 0 Å². The van der Waals surface area contributed by atoms with E-state index in [1.54, 1.807) is 25.1 Å². The smallest absolute Gasteiger partial charge is 0.306 e. The zero-order valence-corrected chi connectivity index (χ0v) is 12.9. The van der Waals surface area contributed by atoms with Gasteiger partial charge in [0.05, 0.1) is 24.3 Å². The van der Waals surface area contributed by atoms with Crippen molar-refractivity contribution < 1.29 is 19.1 Å². The number of para-hydroxylation sites is 1. The third kappa shape index (κ3) is 5.88. The summed E-state index contributed by atoms with van der Waals surface area (Å²) in [5.41, 5.74) is 5.89. The summed E-state index contributed by atoms with van der Waals surface area (Å²) in [4.78, 5) is 34.0. The number of rotatable bonds is 6. The lowest BCUT2D eigenvalue weighted by Gasteiger charge is -2.11. The van der Waals surface area contributed by atoms with Crippen molar-refractivity contribution in [1.29, 1.82) is 0 Å². The summed E-state index contributed by atoms with van der Waals surface area (Å²) >= 11 is 4.98. The quantitative estimate of drug-likeness (QED) is 0.531. The molecule has 0 unspecified atom stereocenters. The summed E-state index contributed by atoms with van der Waals surface area (Å²) in [7, 11) is 0. The van der Waals surface area contributed by atoms with Crippen molar-refractivity contribution in [3.63, 3.8) is 0 Å². The lowest BCUT2D eigenvalue weighted by Crippen LogP contribution is -2.34. The SMILES string of the molecule is CCOC(=O)CCC(=O)NC(=S)Nc1ccccc1C(N)=O. The summed E-state index contributed by atoms with van der Waals surface area (Å²) in [6, 6.07) is 6.50. The van der Waals surface area contributed by atoms with E-state index >= 15 is 0 Å². The fraction of sp³-hybridized carbons (Fsp3) is 0.286. The maximum absolute atomic E-state index is 11.6. The maximum Gasteiger partial charge on any atom is 0.306 e. The van der Waals surface area contributed by atoms with Gasteiger partial charge in [0.15, 0.2) is 5.11 Å². The van der Waals surface area contributed by atoms with Gasteiger partial charge in [-0.1, -0.05) is 12.1 Å². The van der Waals surface area contributed by atoms with Crippen LogP contribution in [0.15, 0.2) is 24.3 Å². The van der Waals surface area contributed by atoms with E-state index in [2.05, 4.69) is 10.6 Å². The summed E-state index contributed by atoms with van der Waals surface area (Å²) in [5, 5.41) is 5.15. The van der Waals surface area contributed by atoms with Gasteiger partial charge < -0.3 is 21.1 Å². The van der Waals surface area contributed by atoms with Gasteiger partial charge in [-0.25, -0.2) is 0 Å². The number of ether oxygens (including phenoxy) is 1. The van der Waals surface area contributed by atoms with Crippen LogP contribution in [0.1, 0.15) is 30.1 Å². The Morgan fingerprint density at radius 3 is 2.55 bits per heavy atom. The van der Waals surface area contributed by atoms with Crippen molar-refractivity contribution in [2.75, 3.05) is 11.9 Å². The Morgan fingerprint density at radius 2 is 1.91 bits per heavy atom. The van der Waals surface area contributed by atoms with Gasteiger partial charge in [0, 0.05) is 6.42 Å². The third-order valence-corrected chi connectivity index (χ3v) is 2.76. The second-order valence-corrected chi connectivity index (χ2v) is 4.63. The second kappa shape index (κ2) is 8.73. The molecule has 0 aromatic heterocycles. The number of nitrogens with two attached hydrogens (primary N) is 1. The number of amides is 2. The zero-order valence-electron chi connectivity index (χ0n) is 12.0. The average Bonchev–Trinajstić information content (AvgIpc) is 2.45. The van der Waals surface area contributed by atoms with Crippen molar-refractivity contribution in [3.05, 3.63) is 29.8 Å². The largest absolute Gasteiger partial charge is 0.466 e. The average molecular weight is 323 g/mol. The highest BCUT2D eigenvalue weighted by molar-refractivity contribution is 7.80.